The van der Waals surface area contributed by atoms with Crippen LogP contribution in [0.15, 0.2) is 24.3 Å². The molecule has 10 heteroatoms. The lowest BCUT2D eigenvalue weighted by Crippen LogP contribution is -2.46. The minimum Gasteiger partial charge on any atom is -0.350 e. The highest BCUT2D eigenvalue weighted by Crippen LogP contribution is 2.27. The minimum absolute atomic E-state index is 0.0646. The summed E-state index contributed by atoms with van der Waals surface area (Å²) in [4.78, 5) is 24.2. The number of halogens is 2. The molecule has 0 aliphatic carbocycles. The van der Waals surface area contributed by atoms with Gasteiger partial charge in [0, 0.05) is 12.1 Å². The van der Waals surface area contributed by atoms with E-state index < -0.39 is 21.3 Å². The molecule has 180 valence electrons. The van der Waals surface area contributed by atoms with Gasteiger partial charge in [0.25, 0.3) is 0 Å². The van der Waals surface area contributed by atoms with E-state index in [1.165, 1.54) is 12.8 Å². The van der Waals surface area contributed by atoms with E-state index in [1.54, 1.807) is 0 Å². The molecule has 0 bridgehead atoms. The van der Waals surface area contributed by atoms with Crippen molar-refractivity contribution < 1.29 is 31.0 Å². The number of unbranched alkanes of at least 4 members (excludes halogenated alkanes) is 1. The van der Waals surface area contributed by atoms with Gasteiger partial charge in [-0.1, -0.05) is 31.5 Å². The van der Waals surface area contributed by atoms with Crippen LogP contribution in [0.1, 0.15) is 67.3 Å². The fraction of sp³-hybridized carbons (Fsp3) is 0.636. The number of alkyl halides is 2. The van der Waals surface area contributed by atoms with Crippen LogP contribution in [-0.4, -0.2) is 56.3 Å². The molecule has 1 saturated heterocycles. The lowest BCUT2D eigenvalue weighted by molar-refractivity contribution is -0.136. The summed E-state index contributed by atoms with van der Waals surface area (Å²) >= 11 is 0. The van der Waals surface area contributed by atoms with Crippen molar-refractivity contribution in [1.29, 1.82) is 0 Å². The molecule has 1 atom stereocenters. The lowest BCUT2D eigenvalue weighted by Gasteiger charge is -2.17. The highest BCUT2D eigenvalue weighted by atomic mass is 32.2. The van der Waals surface area contributed by atoms with Crippen LogP contribution in [0.4, 0.5) is 8.78 Å². The standard InChI is InChI=1S/C22H31F2NO5S2/c1-3-17(9-4-5-12-25-21(27)22(23,24)32(28,29)30-2)18-10-8-11-19(15-18)20(26)16-31-13-6-7-14-31/h8,10-11,15,17H,3-7,9,12-14,16H2,1-2H3/p+1. The van der Waals surface area contributed by atoms with Crippen molar-refractivity contribution in [2.24, 2.45) is 0 Å². The Morgan fingerprint density at radius 2 is 1.91 bits per heavy atom. The molecule has 0 radical (unpaired) electrons. The van der Waals surface area contributed by atoms with Crippen LogP contribution in [0.25, 0.3) is 0 Å². The van der Waals surface area contributed by atoms with E-state index in [4.69, 9.17) is 0 Å². The second-order valence-electron chi connectivity index (χ2n) is 7.92. The molecular weight excluding hydrogens is 460 g/mol. The van der Waals surface area contributed by atoms with Crippen LogP contribution in [0.5, 0.6) is 0 Å². The Kier molecular flexibility index (Phi) is 10.1. The van der Waals surface area contributed by atoms with E-state index >= 15 is 0 Å². The SMILES string of the molecule is CCC(CCCCNC(=O)C(F)(F)S(=O)(=O)OC)c1cccc(C(=O)C[S+]2CCCC2)c1. The van der Waals surface area contributed by atoms with Crippen LogP contribution in [0.3, 0.4) is 0 Å². The average molecular weight is 493 g/mol. The van der Waals surface area contributed by atoms with E-state index in [-0.39, 0.29) is 29.1 Å². The number of amides is 1. The van der Waals surface area contributed by atoms with Gasteiger partial charge in [-0.25, -0.2) is 0 Å². The molecule has 1 aromatic carbocycles. The summed E-state index contributed by atoms with van der Waals surface area (Å²) < 4.78 is 53.2. The first-order valence-corrected chi connectivity index (χ1v) is 14.0. The quantitative estimate of drug-likeness (QED) is 0.197. The van der Waals surface area contributed by atoms with Gasteiger partial charge in [-0.2, -0.15) is 17.2 Å². The number of carbonyl (C=O) groups excluding carboxylic acids is 2. The van der Waals surface area contributed by atoms with Crippen molar-refractivity contribution in [2.75, 3.05) is 30.9 Å². The third-order valence-electron chi connectivity index (χ3n) is 5.69. The molecular formula is C22H32F2NO5S2+. The molecule has 1 fully saturated rings. The van der Waals surface area contributed by atoms with Crippen molar-refractivity contribution in [3.8, 4) is 0 Å². The van der Waals surface area contributed by atoms with Crippen molar-refractivity contribution in [1.82, 2.24) is 5.32 Å². The number of Topliss-reactive ketones (excluding diaryl/α,β-unsaturated/α-hetero) is 1. The summed E-state index contributed by atoms with van der Waals surface area (Å²) in [6.45, 7) is 1.99. The molecule has 2 rings (SSSR count). The maximum Gasteiger partial charge on any atom is 0.446 e. The van der Waals surface area contributed by atoms with E-state index in [9.17, 15) is 26.8 Å². The molecule has 1 unspecified atom stereocenters. The van der Waals surface area contributed by atoms with Crippen LogP contribution >= 0.6 is 0 Å². The third-order valence-corrected chi connectivity index (χ3v) is 9.34. The topological polar surface area (TPSA) is 89.5 Å². The van der Waals surface area contributed by atoms with Crippen LogP contribution in [0.2, 0.25) is 0 Å². The smallest absolute Gasteiger partial charge is 0.350 e. The Hall–Kier alpha value is -1.52. The molecule has 1 aliphatic heterocycles. The second kappa shape index (κ2) is 12.1. The molecule has 0 saturated carbocycles. The van der Waals surface area contributed by atoms with Crippen molar-refractivity contribution >= 4 is 32.7 Å². The Bertz CT molecular complexity index is 886. The molecule has 1 N–H and O–H groups in total. The molecule has 32 heavy (non-hydrogen) atoms. The number of hydrogen-bond donors (Lipinski definition) is 1. The number of benzene rings is 1. The second-order valence-corrected chi connectivity index (χ2v) is 12.0. The maximum atomic E-state index is 13.6. The minimum atomic E-state index is -5.28. The van der Waals surface area contributed by atoms with Gasteiger partial charge >= 0.3 is 21.3 Å². The molecule has 1 amide bonds. The third kappa shape index (κ3) is 6.99. The van der Waals surface area contributed by atoms with Crippen LogP contribution in [0, 0.1) is 0 Å². The van der Waals surface area contributed by atoms with Gasteiger partial charge < -0.3 is 5.32 Å². The summed E-state index contributed by atoms with van der Waals surface area (Å²) in [6, 6.07) is 7.73. The predicted octanol–water partition coefficient (Wildman–Crippen LogP) is 3.63. The molecule has 0 spiro atoms. The summed E-state index contributed by atoms with van der Waals surface area (Å²) in [5.74, 6) is 1.46. The monoisotopic (exact) mass is 492 g/mol. The Morgan fingerprint density at radius 1 is 1.22 bits per heavy atom. The largest absolute Gasteiger partial charge is 0.446 e. The average Bonchev–Trinajstić information content (AvgIpc) is 3.29. The lowest BCUT2D eigenvalue weighted by atomic mass is 9.90. The van der Waals surface area contributed by atoms with Gasteiger partial charge in [0.05, 0.1) is 7.11 Å². The number of hydrogen-bond acceptors (Lipinski definition) is 5. The van der Waals surface area contributed by atoms with Crippen molar-refractivity contribution in [3.05, 3.63) is 35.4 Å². The van der Waals surface area contributed by atoms with Gasteiger partial charge in [-0.3, -0.25) is 13.8 Å². The van der Waals surface area contributed by atoms with Gasteiger partial charge in [-0.05, 0) is 60.5 Å². The van der Waals surface area contributed by atoms with Gasteiger partial charge in [0.2, 0.25) is 5.78 Å². The zero-order chi connectivity index (χ0) is 23.8. The van der Waals surface area contributed by atoms with Gasteiger partial charge in [-0.15, -0.1) is 0 Å². The summed E-state index contributed by atoms with van der Waals surface area (Å²) in [7, 11) is -4.49. The van der Waals surface area contributed by atoms with Crippen molar-refractivity contribution in [3.63, 3.8) is 0 Å². The Labute approximate surface area is 192 Å². The number of nitrogens with one attached hydrogen (secondary N) is 1. The first-order chi connectivity index (χ1) is 15.1. The van der Waals surface area contributed by atoms with Crippen LogP contribution in [-0.2, 0) is 30.0 Å². The normalized spacial score (nSPS) is 16.1. The van der Waals surface area contributed by atoms with Gasteiger partial charge in [0.1, 0.15) is 11.5 Å². The van der Waals surface area contributed by atoms with Gasteiger partial charge in [0.15, 0.2) is 5.75 Å². The molecule has 6 nitrogen and oxygen atoms in total. The van der Waals surface area contributed by atoms with Crippen LogP contribution < -0.4 is 5.32 Å². The fourth-order valence-corrected chi connectivity index (χ4v) is 6.50. The molecule has 0 aromatic heterocycles. The summed E-state index contributed by atoms with van der Waals surface area (Å²) in [5, 5.41) is -2.66. The zero-order valence-electron chi connectivity index (χ0n) is 18.6. The van der Waals surface area contributed by atoms with E-state index in [0.29, 0.717) is 25.7 Å². The zero-order valence-corrected chi connectivity index (χ0v) is 20.2. The number of rotatable bonds is 13. The number of carbonyl (C=O) groups is 2. The predicted molar refractivity (Wildman–Crippen MR) is 123 cm³/mol. The molecule has 1 heterocycles. The highest BCUT2D eigenvalue weighted by Gasteiger charge is 2.53. The van der Waals surface area contributed by atoms with E-state index in [2.05, 4.69) is 11.1 Å². The summed E-state index contributed by atoms with van der Waals surface area (Å²) in [6.07, 6.45) is 5.14. The van der Waals surface area contributed by atoms with E-state index in [0.717, 1.165) is 35.5 Å². The maximum absolute atomic E-state index is 13.6. The fourth-order valence-electron chi connectivity index (χ4n) is 3.74. The first kappa shape index (κ1) is 26.7. The van der Waals surface area contributed by atoms with E-state index in [1.807, 2.05) is 29.6 Å². The van der Waals surface area contributed by atoms with Crippen molar-refractivity contribution in [2.45, 2.75) is 56.6 Å². The molecule has 1 aliphatic rings. The Balaban J connectivity index is 1.83. The first-order valence-electron chi connectivity index (χ1n) is 10.9. The number of ketones is 1. The molecule has 1 aromatic rings. The highest BCUT2D eigenvalue weighted by molar-refractivity contribution is 7.97. The summed E-state index contributed by atoms with van der Waals surface area (Å²) in [5.41, 5.74) is 1.82. The Morgan fingerprint density at radius 3 is 2.53 bits per heavy atom.